The van der Waals surface area contributed by atoms with Gasteiger partial charge in [0.05, 0.1) is 26.4 Å². The molecule has 17 nitrogen and oxygen atoms in total. The zero-order chi connectivity index (χ0) is 69.6. The third kappa shape index (κ3) is 66.0. The summed E-state index contributed by atoms with van der Waals surface area (Å²) in [6.07, 6.45) is 48.9. The first kappa shape index (κ1) is 92.1. The Labute approximate surface area is 575 Å². The predicted octanol–water partition coefficient (Wildman–Crippen LogP) is 21.7. The van der Waals surface area contributed by atoms with Gasteiger partial charge in [-0.15, -0.1) is 0 Å². The summed E-state index contributed by atoms with van der Waals surface area (Å²) in [5.41, 5.74) is 0. The van der Waals surface area contributed by atoms with Gasteiger partial charge >= 0.3 is 39.5 Å². The van der Waals surface area contributed by atoms with Gasteiger partial charge in [0.2, 0.25) is 0 Å². The van der Waals surface area contributed by atoms with E-state index < -0.39 is 97.5 Å². The molecule has 0 aliphatic rings. The number of rotatable bonds is 72. The molecule has 0 fully saturated rings. The largest absolute Gasteiger partial charge is 0.472 e. The maximum absolute atomic E-state index is 13.1. The van der Waals surface area contributed by atoms with Crippen LogP contribution in [0.4, 0.5) is 0 Å². The van der Waals surface area contributed by atoms with Crippen LogP contribution < -0.4 is 0 Å². The topological polar surface area (TPSA) is 237 Å². The quantitative estimate of drug-likeness (QED) is 0.0222. The number of hydrogen-bond acceptors (Lipinski definition) is 15. The number of unbranched alkanes of at least 4 members (excludes halogenated alkanes) is 36. The zero-order valence-electron chi connectivity index (χ0n) is 61.6. The van der Waals surface area contributed by atoms with E-state index in [1.54, 1.807) is 0 Å². The first-order chi connectivity index (χ1) is 45.2. The van der Waals surface area contributed by atoms with E-state index in [0.717, 1.165) is 114 Å². The molecule has 4 unspecified atom stereocenters. The summed E-state index contributed by atoms with van der Waals surface area (Å²) < 4.78 is 68.4. The molecule has 0 bridgehead atoms. The Morgan fingerprint density at radius 2 is 0.511 bits per heavy atom. The molecule has 0 aromatic rings. The molecule has 0 amide bonds. The van der Waals surface area contributed by atoms with Gasteiger partial charge in [0.15, 0.2) is 12.2 Å². The Bertz CT molecular complexity index is 1850. The maximum atomic E-state index is 13.1. The highest BCUT2D eigenvalue weighted by molar-refractivity contribution is 7.47. The zero-order valence-corrected chi connectivity index (χ0v) is 63.4. The summed E-state index contributed by atoms with van der Waals surface area (Å²) >= 11 is 0. The summed E-state index contributed by atoms with van der Waals surface area (Å²) in [5, 5.41) is 10.6. The fraction of sp³-hybridized carbons (Fsp3) is 0.947. The first-order valence-electron chi connectivity index (χ1n) is 38.8. The number of hydrogen-bond donors (Lipinski definition) is 3. The van der Waals surface area contributed by atoms with Gasteiger partial charge in [0.25, 0.3) is 0 Å². The molecule has 19 heteroatoms. The minimum Gasteiger partial charge on any atom is -0.462 e. The van der Waals surface area contributed by atoms with Crippen LogP contribution in [0, 0.1) is 23.7 Å². The first-order valence-corrected chi connectivity index (χ1v) is 41.8. The lowest BCUT2D eigenvalue weighted by Crippen LogP contribution is -2.30. The van der Waals surface area contributed by atoms with E-state index >= 15 is 0 Å². The van der Waals surface area contributed by atoms with Crippen molar-refractivity contribution in [3.05, 3.63) is 0 Å². The number of phosphoric acid groups is 2. The van der Waals surface area contributed by atoms with E-state index in [1.807, 2.05) is 0 Å². The summed E-state index contributed by atoms with van der Waals surface area (Å²) in [6, 6.07) is 0. The van der Waals surface area contributed by atoms with Gasteiger partial charge in [-0.2, -0.15) is 0 Å². The number of ether oxygens (including phenoxy) is 4. The van der Waals surface area contributed by atoms with Crippen LogP contribution >= 0.6 is 15.6 Å². The Morgan fingerprint density at radius 3 is 0.755 bits per heavy atom. The van der Waals surface area contributed by atoms with Crippen LogP contribution in [0.5, 0.6) is 0 Å². The monoisotopic (exact) mass is 1380 g/mol. The molecule has 0 radical (unpaired) electrons. The second-order valence-corrected chi connectivity index (χ2v) is 31.4. The van der Waals surface area contributed by atoms with Gasteiger partial charge in [-0.05, 0) is 49.4 Å². The Kier molecular flexibility index (Phi) is 63.1. The van der Waals surface area contributed by atoms with Crippen molar-refractivity contribution in [3.63, 3.8) is 0 Å². The fourth-order valence-electron chi connectivity index (χ4n) is 11.3. The molecule has 7 atom stereocenters. The second-order valence-electron chi connectivity index (χ2n) is 28.5. The third-order valence-corrected chi connectivity index (χ3v) is 19.9. The van der Waals surface area contributed by atoms with Gasteiger partial charge in [0.1, 0.15) is 19.3 Å². The van der Waals surface area contributed by atoms with E-state index in [0.29, 0.717) is 31.6 Å². The summed E-state index contributed by atoms with van der Waals surface area (Å²) in [6.45, 7) is 14.1. The van der Waals surface area contributed by atoms with Crippen LogP contribution in [0.15, 0.2) is 0 Å². The highest BCUT2D eigenvalue weighted by atomic mass is 31.2. The molecule has 0 aromatic heterocycles. The number of aliphatic hydroxyl groups is 1. The molecule has 0 saturated heterocycles. The number of esters is 4. The molecule has 3 N–H and O–H groups in total. The number of aliphatic hydroxyl groups excluding tert-OH is 1. The standard InChI is InChI=1S/C75H146O17P2/c1-9-67(7)53-45-37-28-21-19-17-15-13-11-12-14-16-18-20-22-30-39-47-55-72(77)85-61-70(91-75(80)58-50-42-32-26-24-29-38-46-54-68(8)10-2)63-89-93(81,82)87-59-69(76)60-88-94(83,84)90-64-71(62-86-73(78)56-48-40-34-33-36-44-52-66(5)6)92-74(79)57-49-41-31-25-23-27-35-43-51-65(3)4/h65-71,76H,9-64H2,1-8H3,(H,81,82)(H,83,84)/t67?,68?,69-,70-,71-/m1/s1. The minimum absolute atomic E-state index is 0.103. The molecule has 0 spiro atoms. The van der Waals surface area contributed by atoms with Gasteiger partial charge < -0.3 is 33.8 Å². The lowest BCUT2D eigenvalue weighted by atomic mass is 9.99. The van der Waals surface area contributed by atoms with Gasteiger partial charge in [-0.25, -0.2) is 9.13 Å². The lowest BCUT2D eigenvalue weighted by Gasteiger charge is -2.21. The average Bonchev–Trinajstić information content (AvgIpc) is 1.61. The Morgan fingerprint density at radius 1 is 0.298 bits per heavy atom. The molecule has 0 saturated carbocycles. The van der Waals surface area contributed by atoms with Gasteiger partial charge in [0, 0.05) is 25.7 Å². The van der Waals surface area contributed by atoms with Crippen LogP contribution in [0.2, 0.25) is 0 Å². The van der Waals surface area contributed by atoms with Crippen molar-refractivity contribution < 1.29 is 80.2 Å². The molecular weight excluding hydrogens is 1230 g/mol. The molecule has 0 rings (SSSR count). The fourth-order valence-corrected chi connectivity index (χ4v) is 12.9. The van der Waals surface area contributed by atoms with Crippen molar-refractivity contribution in [1.82, 2.24) is 0 Å². The number of carbonyl (C=O) groups is 4. The third-order valence-electron chi connectivity index (χ3n) is 18.0. The van der Waals surface area contributed by atoms with Crippen molar-refractivity contribution >= 4 is 39.5 Å². The molecule has 94 heavy (non-hydrogen) atoms. The molecular formula is C75H146O17P2. The highest BCUT2D eigenvalue weighted by Gasteiger charge is 2.30. The van der Waals surface area contributed by atoms with Crippen molar-refractivity contribution in [2.75, 3.05) is 39.6 Å². The van der Waals surface area contributed by atoms with Gasteiger partial charge in [-0.1, -0.05) is 325 Å². The molecule has 0 aromatic carbocycles. The highest BCUT2D eigenvalue weighted by Crippen LogP contribution is 2.45. The van der Waals surface area contributed by atoms with Crippen LogP contribution in [0.25, 0.3) is 0 Å². The molecule has 0 aliphatic heterocycles. The predicted molar refractivity (Wildman–Crippen MR) is 381 cm³/mol. The van der Waals surface area contributed by atoms with Crippen molar-refractivity contribution in [2.45, 2.75) is 395 Å². The maximum Gasteiger partial charge on any atom is 0.472 e. The molecule has 0 heterocycles. The Hall–Kier alpha value is -1.94. The summed E-state index contributed by atoms with van der Waals surface area (Å²) in [5.74, 6) is 0.912. The van der Waals surface area contributed by atoms with E-state index in [9.17, 15) is 43.2 Å². The van der Waals surface area contributed by atoms with Crippen LogP contribution in [0.3, 0.4) is 0 Å². The normalized spacial score (nSPS) is 14.7. The lowest BCUT2D eigenvalue weighted by molar-refractivity contribution is -0.161. The number of phosphoric ester groups is 2. The summed E-state index contributed by atoms with van der Waals surface area (Å²) in [4.78, 5) is 72.6. The van der Waals surface area contributed by atoms with Crippen molar-refractivity contribution in [1.29, 1.82) is 0 Å². The molecule has 558 valence electrons. The average molecular weight is 1380 g/mol. The van der Waals surface area contributed by atoms with E-state index in [2.05, 4.69) is 55.4 Å². The molecule has 0 aliphatic carbocycles. The number of carbonyl (C=O) groups excluding carboxylic acids is 4. The second kappa shape index (κ2) is 64.4. The van der Waals surface area contributed by atoms with E-state index in [4.69, 9.17) is 37.0 Å². The van der Waals surface area contributed by atoms with Gasteiger partial charge in [-0.3, -0.25) is 37.3 Å². The minimum atomic E-state index is -4.96. The van der Waals surface area contributed by atoms with Crippen LogP contribution in [0.1, 0.15) is 376 Å². The SMILES string of the molecule is CCC(C)CCCCCCCCCCCCCCCCCCCCC(=O)OC[C@H](COP(=O)(O)OC[C@@H](O)COP(=O)(O)OC[C@@H](COC(=O)CCCCCCCCC(C)C)OC(=O)CCCCCCCCCCC(C)C)OC(=O)CCCCCCCCCCC(C)CC. The van der Waals surface area contributed by atoms with Crippen molar-refractivity contribution in [2.24, 2.45) is 23.7 Å². The smallest absolute Gasteiger partial charge is 0.462 e. The van der Waals surface area contributed by atoms with Crippen molar-refractivity contribution in [3.8, 4) is 0 Å². The van der Waals surface area contributed by atoms with E-state index in [-0.39, 0.29) is 25.7 Å². The van der Waals surface area contributed by atoms with Crippen LogP contribution in [-0.4, -0.2) is 96.7 Å². The summed E-state index contributed by atoms with van der Waals surface area (Å²) in [7, 11) is -9.91. The van der Waals surface area contributed by atoms with E-state index in [1.165, 1.54) is 173 Å². The Balaban J connectivity index is 5.14. The van der Waals surface area contributed by atoms with Crippen LogP contribution in [-0.2, 0) is 65.4 Å².